The van der Waals surface area contributed by atoms with Crippen molar-refractivity contribution in [2.45, 2.75) is 32.4 Å². The molecule has 3 nitrogen and oxygen atoms in total. The van der Waals surface area contributed by atoms with Crippen LogP contribution in [0.5, 0.6) is 0 Å². The summed E-state index contributed by atoms with van der Waals surface area (Å²) >= 11 is 1.64. The Hall–Kier alpha value is -0.870. The van der Waals surface area contributed by atoms with Crippen LogP contribution in [0.3, 0.4) is 0 Å². The Labute approximate surface area is 87.8 Å². The average Bonchev–Trinajstić information content (AvgIpc) is 2.64. The van der Waals surface area contributed by atoms with Gasteiger partial charge >= 0.3 is 5.97 Å². The van der Waals surface area contributed by atoms with Crippen molar-refractivity contribution in [1.29, 1.82) is 0 Å². The molecule has 1 heterocycles. The van der Waals surface area contributed by atoms with E-state index < -0.39 is 12.0 Å². The van der Waals surface area contributed by atoms with E-state index in [1.54, 1.807) is 11.3 Å². The normalized spacial score (nSPS) is 12.6. The molecule has 2 N–H and O–H groups in total. The SMILES string of the molecule is CCCC(NCc1cccs1)C(=O)O. The largest absolute Gasteiger partial charge is 0.480 e. The number of aliphatic carboxylic acids is 1. The van der Waals surface area contributed by atoms with Crippen LogP contribution in [0, 0.1) is 0 Å². The van der Waals surface area contributed by atoms with E-state index in [4.69, 9.17) is 5.11 Å². The molecule has 1 aromatic rings. The molecule has 0 aliphatic heterocycles. The molecule has 1 rings (SSSR count). The van der Waals surface area contributed by atoms with Gasteiger partial charge in [-0.3, -0.25) is 10.1 Å². The monoisotopic (exact) mass is 213 g/mol. The molecule has 0 spiro atoms. The maximum Gasteiger partial charge on any atom is 0.320 e. The second-order valence-corrected chi connectivity index (χ2v) is 4.17. The third-order valence-corrected chi connectivity index (χ3v) is 2.85. The Bertz CT molecular complexity index is 272. The molecule has 0 saturated carbocycles. The summed E-state index contributed by atoms with van der Waals surface area (Å²) in [4.78, 5) is 12.0. The van der Waals surface area contributed by atoms with Crippen LogP contribution < -0.4 is 5.32 Å². The van der Waals surface area contributed by atoms with Crippen molar-refractivity contribution in [2.24, 2.45) is 0 Å². The van der Waals surface area contributed by atoms with E-state index in [-0.39, 0.29) is 0 Å². The van der Waals surface area contributed by atoms with Gasteiger partial charge in [0.25, 0.3) is 0 Å². The van der Waals surface area contributed by atoms with Gasteiger partial charge in [-0.1, -0.05) is 19.4 Å². The Kier molecular flexibility index (Phi) is 4.62. The van der Waals surface area contributed by atoms with E-state index in [0.29, 0.717) is 13.0 Å². The van der Waals surface area contributed by atoms with Crippen LogP contribution in [0.25, 0.3) is 0 Å². The van der Waals surface area contributed by atoms with Crippen molar-refractivity contribution in [1.82, 2.24) is 5.32 Å². The van der Waals surface area contributed by atoms with E-state index in [0.717, 1.165) is 6.42 Å². The maximum atomic E-state index is 10.8. The van der Waals surface area contributed by atoms with E-state index in [1.807, 2.05) is 24.4 Å². The van der Waals surface area contributed by atoms with Crippen LogP contribution in [0.1, 0.15) is 24.6 Å². The minimum atomic E-state index is -0.761. The zero-order valence-electron chi connectivity index (χ0n) is 8.19. The first-order chi connectivity index (χ1) is 6.74. The van der Waals surface area contributed by atoms with Crippen LogP contribution in [0.15, 0.2) is 17.5 Å². The summed E-state index contributed by atoms with van der Waals surface area (Å²) in [7, 11) is 0. The predicted molar refractivity (Wildman–Crippen MR) is 57.5 cm³/mol. The van der Waals surface area contributed by atoms with Crippen molar-refractivity contribution in [3.63, 3.8) is 0 Å². The van der Waals surface area contributed by atoms with Crippen LogP contribution in [-0.2, 0) is 11.3 Å². The Morgan fingerprint density at radius 3 is 3.00 bits per heavy atom. The summed E-state index contributed by atoms with van der Waals surface area (Å²) in [5.74, 6) is -0.761. The third-order valence-electron chi connectivity index (χ3n) is 1.98. The lowest BCUT2D eigenvalue weighted by Gasteiger charge is -2.12. The van der Waals surface area contributed by atoms with Crippen LogP contribution in [0.2, 0.25) is 0 Å². The van der Waals surface area contributed by atoms with E-state index in [2.05, 4.69) is 5.32 Å². The van der Waals surface area contributed by atoms with Crippen molar-refractivity contribution in [3.8, 4) is 0 Å². The maximum absolute atomic E-state index is 10.8. The zero-order valence-corrected chi connectivity index (χ0v) is 9.01. The van der Waals surface area contributed by atoms with E-state index in [1.165, 1.54) is 4.88 Å². The lowest BCUT2D eigenvalue weighted by atomic mass is 10.1. The van der Waals surface area contributed by atoms with Crippen molar-refractivity contribution in [2.75, 3.05) is 0 Å². The number of carboxylic acids is 1. The predicted octanol–water partition coefficient (Wildman–Crippen LogP) is 2.09. The molecule has 1 unspecified atom stereocenters. The van der Waals surface area contributed by atoms with Gasteiger partial charge in [0, 0.05) is 11.4 Å². The van der Waals surface area contributed by atoms with Crippen LogP contribution in [-0.4, -0.2) is 17.1 Å². The number of hydrogen-bond donors (Lipinski definition) is 2. The highest BCUT2D eigenvalue weighted by molar-refractivity contribution is 7.09. The minimum absolute atomic E-state index is 0.415. The summed E-state index contributed by atoms with van der Waals surface area (Å²) in [6, 6.07) is 3.56. The van der Waals surface area contributed by atoms with Gasteiger partial charge in [0.2, 0.25) is 0 Å². The second kappa shape index (κ2) is 5.78. The molecule has 0 bridgehead atoms. The Balaban J connectivity index is 2.37. The minimum Gasteiger partial charge on any atom is -0.480 e. The summed E-state index contributed by atoms with van der Waals surface area (Å²) in [6.07, 6.45) is 1.56. The molecule has 1 aromatic heterocycles. The fourth-order valence-corrected chi connectivity index (χ4v) is 1.89. The Morgan fingerprint density at radius 1 is 1.71 bits per heavy atom. The first kappa shape index (κ1) is 11.2. The topological polar surface area (TPSA) is 49.3 Å². The van der Waals surface area contributed by atoms with Crippen LogP contribution in [0.4, 0.5) is 0 Å². The summed E-state index contributed by atoms with van der Waals surface area (Å²) < 4.78 is 0. The van der Waals surface area contributed by atoms with Gasteiger partial charge in [-0.15, -0.1) is 11.3 Å². The Morgan fingerprint density at radius 2 is 2.50 bits per heavy atom. The van der Waals surface area contributed by atoms with Crippen molar-refractivity contribution >= 4 is 17.3 Å². The fraction of sp³-hybridized carbons (Fsp3) is 0.500. The van der Waals surface area contributed by atoms with Crippen molar-refractivity contribution in [3.05, 3.63) is 22.4 Å². The van der Waals surface area contributed by atoms with E-state index in [9.17, 15) is 4.79 Å². The second-order valence-electron chi connectivity index (χ2n) is 3.14. The quantitative estimate of drug-likeness (QED) is 0.760. The average molecular weight is 213 g/mol. The van der Waals surface area contributed by atoms with Gasteiger partial charge in [0.15, 0.2) is 0 Å². The summed E-state index contributed by atoms with van der Waals surface area (Å²) in [5, 5.41) is 13.9. The van der Waals surface area contributed by atoms with Gasteiger partial charge < -0.3 is 5.11 Å². The molecule has 78 valence electrons. The first-order valence-electron chi connectivity index (χ1n) is 4.72. The molecule has 0 fully saturated rings. The molecule has 0 saturated heterocycles. The number of nitrogens with one attached hydrogen (secondary N) is 1. The molecule has 14 heavy (non-hydrogen) atoms. The molecule has 0 amide bonds. The van der Waals surface area contributed by atoms with Gasteiger partial charge in [0.05, 0.1) is 0 Å². The third kappa shape index (κ3) is 3.47. The highest BCUT2D eigenvalue weighted by Gasteiger charge is 2.14. The standard InChI is InChI=1S/C10H15NO2S/c1-2-4-9(10(12)13)11-7-8-5-3-6-14-8/h3,5-6,9,11H,2,4,7H2,1H3,(H,12,13). The highest BCUT2D eigenvalue weighted by atomic mass is 32.1. The number of carboxylic acid groups (broad SMARTS) is 1. The number of carbonyl (C=O) groups is 1. The first-order valence-corrected chi connectivity index (χ1v) is 5.60. The molecule has 0 aliphatic rings. The van der Waals surface area contributed by atoms with E-state index >= 15 is 0 Å². The molecule has 0 aromatic carbocycles. The smallest absolute Gasteiger partial charge is 0.320 e. The zero-order chi connectivity index (χ0) is 10.4. The molecule has 0 radical (unpaired) electrons. The number of hydrogen-bond acceptors (Lipinski definition) is 3. The lowest BCUT2D eigenvalue weighted by Crippen LogP contribution is -2.35. The summed E-state index contributed by atoms with van der Waals surface area (Å²) in [6.45, 7) is 2.64. The molecule has 4 heteroatoms. The highest BCUT2D eigenvalue weighted by Crippen LogP contribution is 2.08. The molecular formula is C10H15NO2S. The molecule has 1 atom stereocenters. The van der Waals surface area contributed by atoms with Gasteiger partial charge in [-0.2, -0.15) is 0 Å². The lowest BCUT2D eigenvalue weighted by molar-refractivity contribution is -0.139. The fourth-order valence-electron chi connectivity index (χ4n) is 1.24. The van der Waals surface area contributed by atoms with Crippen molar-refractivity contribution < 1.29 is 9.90 Å². The number of rotatable bonds is 6. The van der Waals surface area contributed by atoms with Gasteiger partial charge in [-0.05, 0) is 17.9 Å². The van der Waals surface area contributed by atoms with Gasteiger partial charge in [-0.25, -0.2) is 0 Å². The van der Waals surface area contributed by atoms with Gasteiger partial charge in [0.1, 0.15) is 6.04 Å². The van der Waals surface area contributed by atoms with Crippen LogP contribution >= 0.6 is 11.3 Å². The molecular weight excluding hydrogens is 198 g/mol. The summed E-state index contributed by atoms with van der Waals surface area (Å²) in [5.41, 5.74) is 0. The molecule has 0 aliphatic carbocycles. The number of thiophene rings is 1.